The van der Waals surface area contributed by atoms with Crippen LogP contribution in [-0.4, -0.2) is 31.8 Å². The standard InChI is InChI=1S/C22H26N6O/c1-2-16-3-5-18(6-4-16)26-22(29)27-19-7-9-20(10-8-19)28-15-17(13-25-28)21-14-23-11-12-24-21/h3-6,11-15,19-20H,2,7-10H2,1H3,(H2,26,27,29). The van der Waals surface area contributed by atoms with Crippen molar-refractivity contribution in [3.05, 3.63) is 60.8 Å². The summed E-state index contributed by atoms with van der Waals surface area (Å²) in [6, 6.07) is 8.38. The molecule has 2 aromatic heterocycles. The van der Waals surface area contributed by atoms with Crippen molar-refractivity contribution in [2.45, 2.75) is 51.1 Å². The predicted octanol–water partition coefficient (Wildman–Crippen LogP) is 4.21. The Balaban J connectivity index is 1.27. The Morgan fingerprint density at radius 1 is 1.10 bits per heavy atom. The first kappa shape index (κ1) is 19.1. The highest BCUT2D eigenvalue weighted by atomic mass is 16.2. The van der Waals surface area contributed by atoms with Gasteiger partial charge in [0.05, 0.1) is 24.1 Å². The lowest BCUT2D eigenvalue weighted by Crippen LogP contribution is -2.40. The molecule has 1 aromatic carbocycles. The first-order valence-electron chi connectivity index (χ1n) is 10.2. The van der Waals surface area contributed by atoms with E-state index in [-0.39, 0.29) is 12.1 Å². The number of nitrogens with one attached hydrogen (secondary N) is 2. The van der Waals surface area contributed by atoms with Crippen LogP contribution >= 0.6 is 0 Å². The third kappa shape index (κ3) is 4.80. The van der Waals surface area contributed by atoms with E-state index in [1.165, 1.54) is 5.56 Å². The molecular weight excluding hydrogens is 364 g/mol. The van der Waals surface area contributed by atoms with Gasteiger partial charge in [-0.05, 0) is 49.8 Å². The van der Waals surface area contributed by atoms with Gasteiger partial charge in [0, 0.05) is 35.9 Å². The van der Waals surface area contributed by atoms with Gasteiger partial charge in [0.1, 0.15) is 0 Å². The molecule has 0 saturated heterocycles. The highest BCUT2D eigenvalue weighted by molar-refractivity contribution is 5.89. The number of aromatic nitrogens is 4. The van der Waals surface area contributed by atoms with E-state index in [0.29, 0.717) is 6.04 Å². The fourth-order valence-electron chi connectivity index (χ4n) is 3.78. The largest absolute Gasteiger partial charge is 0.335 e. The van der Waals surface area contributed by atoms with Crippen LogP contribution in [0.4, 0.5) is 10.5 Å². The maximum atomic E-state index is 12.3. The van der Waals surface area contributed by atoms with E-state index in [2.05, 4.69) is 32.6 Å². The van der Waals surface area contributed by atoms with Crippen LogP contribution in [0.5, 0.6) is 0 Å². The van der Waals surface area contributed by atoms with Crippen LogP contribution in [0.1, 0.15) is 44.2 Å². The van der Waals surface area contributed by atoms with Gasteiger partial charge in [-0.15, -0.1) is 0 Å². The zero-order valence-corrected chi connectivity index (χ0v) is 16.6. The van der Waals surface area contributed by atoms with Crippen LogP contribution in [0.3, 0.4) is 0 Å². The molecule has 150 valence electrons. The maximum absolute atomic E-state index is 12.3. The van der Waals surface area contributed by atoms with Gasteiger partial charge in [-0.3, -0.25) is 14.6 Å². The van der Waals surface area contributed by atoms with Crippen LogP contribution in [0.25, 0.3) is 11.3 Å². The molecule has 0 atom stereocenters. The first-order chi connectivity index (χ1) is 14.2. The van der Waals surface area contributed by atoms with Gasteiger partial charge >= 0.3 is 6.03 Å². The number of hydrogen-bond donors (Lipinski definition) is 2. The van der Waals surface area contributed by atoms with Crippen molar-refractivity contribution in [2.75, 3.05) is 5.32 Å². The number of aryl methyl sites for hydroxylation is 1. The lowest BCUT2D eigenvalue weighted by molar-refractivity contribution is 0.236. The second-order valence-electron chi connectivity index (χ2n) is 7.45. The molecule has 3 aromatic rings. The van der Waals surface area contributed by atoms with Crippen LogP contribution in [0.15, 0.2) is 55.2 Å². The summed E-state index contributed by atoms with van der Waals surface area (Å²) < 4.78 is 2.02. The second-order valence-corrected chi connectivity index (χ2v) is 7.45. The van der Waals surface area contributed by atoms with E-state index < -0.39 is 0 Å². The molecule has 1 aliphatic rings. The van der Waals surface area contributed by atoms with Crippen LogP contribution in [0.2, 0.25) is 0 Å². The van der Waals surface area contributed by atoms with Gasteiger partial charge in [-0.1, -0.05) is 19.1 Å². The van der Waals surface area contributed by atoms with Gasteiger partial charge in [0.2, 0.25) is 0 Å². The summed E-state index contributed by atoms with van der Waals surface area (Å²) in [5, 5.41) is 10.5. The molecule has 7 nitrogen and oxygen atoms in total. The van der Waals surface area contributed by atoms with E-state index >= 15 is 0 Å². The van der Waals surface area contributed by atoms with Crippen molar-refractivity contribution in [2.24, 2.45) is 0 Å². The lowest BCUT2D eigenvalue weighted by atomic mass is 9.91. The molecule has 0 spiro atoms. The minimum absolute atomic E-state index is 0.137. The molecule has 2 N–H and O–H groups in total. The first-order valence-corrected chi connectivity index (χ1v) is 10.2. The molecule has 1 aliphatic carbocycles. The Labute approximate surface area is 170 Å². The number of nitrogens with zero attached hydrogens (tertiary/aromatic N) is 4. The third-order valence-corrected chi connectivity index (χ3v) is 5.49. The summed E-state index contributed by atoms with van der Waals surface area (Å²) in [6.45, 7) is 2.12. The molecule has 2 amide bonds. The Morgan fingerprint density at radius 3 is 2.59 bits per heavy atom. The number of urea groups is 1. The Hall–Kier alpha value is -3.22. The molecular formula is C22H26N6O. The number of carbonyl (C=O) groups excluding carboxylic acids is 1. The topological polar surface area (TPSA) is 84.7 Å². The van der Waals surface area contributed by atoms with Gasteiger partial charge < -0.3 is 10.6 Å². The van der Waals surface area contributed by atoms with Crippen molar-refractivity contribution >= 4 is 11.7 Å². The Kier molecular flexibility index (Phi) is 5.84. The summed E-state index contributed by atoms with van der Waals surface area (Å²) in [6.07, 6.45) is 13.8. The predicted molar refractivity (Wildman–Crippen MR) is 113 cm³/mol. The average molecular weight is 390 g/mol. The summed E-state index contributed by atoms with van der Waals surface area (Å²) >= 11 is 0. The van der Waals surface area contributed by atoms with E-state index in [1.54, 1.807) is 18.6 Å². The van der Waals surface area contributed by atoms with Crippen molar-refractivity contribution in [1.82, 2.24) is 25.1 Å². The maximum Gasteiger partial charge on any atom is 0.319 e. The Morgan fingerprint density at radius 2 is 1.90 bits per heavy atom. The summed E-state index contributed by atoms with van der Waals surface area (Å²) in [5.41, 5.74) is 3.89. The molecule has 2 heterocycles. The number of rotatable bonds is 5. The molecule has 0 unspecified atom stereocenters. The highest BCUT2D eigenvalue weighted by Crippen LogP contribution is 2.29. The van der Waals surface area contributed by atoms with E-state index in [9.17, 15) is 4.79 Å². The summed E-state index contributed by atoms with van der Waals surface area (Å²) in [4.78, 5) is 20.7. The number of anilines is 1. The number of amides is 2. The molecule has 0 aliphatic heterocycles. The number of hydrogen-bond acceptors (Lipinski definition) is 4. The van der Waals surface area contributed by atoms with Gasteiger partial charge in [-0.25, -0.2) is 4.79 Å². The molecule has 0 bridgehead atoms. The average Bonchev–Trinajstić information content (AvgIpc) is 3.26. The van der Waals surface area contributed by atoms with Crippen molar-refractivity contribution in [1.29, 1.82) is 0 Å². The fourth-order valence-corrected chi connectivity index (χ4v) is 3.78. The van der Waals surface area contributed by atoms with Crippen molar-refractivity contribution < 1.29 is 4.79 Å². The molecule has 4 rings (SSSR count). The third-order valence-electron chi connectivity index (χ3n) is 5.49. The zero-order chi connectivity index (χ0) is 20.1. The van der Waals surface area contributed by atoms with E-state index in [4.69, 9.17) is 0 Å². The molecule has 0 radical (unpaired) electrons. The quantitative estimate of drug-likeness (QED) is 0.683. The monoisotopic (exact) mass is 390 g/mol. The van der Waals surface area contributed by atoms with E-state index in [1.807, 2.05) is 41.3 Å². The fraction of sp³-hybridized carbons (Fsp3) is 0.364. The molecule has 7 heteroatoms. The van der Waals surface area contributed by atoms with Crippen LogP contribution in [-0.2, 0) is 6.42 Å². The molecule has 1 fully saturated rings. The molecule has 1 saturated carbocycles. The van der Waals surface area contributed by atoms with Gasteiger partial charge in [0.25, 0.3) is 0 Å². The van der Waals surface area contributed by atoms with Crippen LogP contribution in [0, 0.1) is 0 Å². The van der Waals surface area contributed by atoms with Gasteiger partial charge in [0.15, 0.2) is 0 Å². The molecule has 29 heavy (non-hydrogen) atoms. The second kappa shape index (κ2) is 8.86. The summed E-state index contributed by atoms with van der Waals surface area (Å²) in [7, 11) is 0. The van der Waals surface area contributed by atoms with Crippen molar-refractivity contribution in [3.63, 3.8) is 0 Å². The number of benzene rings is 1. The minimum atomic E-state index is -0.137. The zero-order valence-electron chi connectivity index (χ0n) is 16.6. The normalized spacial score (nSPS) is 18.9. The van der Waals surface area contributed by atoms with Crippen molar-refractivity contribution in [3.8, 4) is 11.3 Å². The summed E-state index contributed by atoms with van der Waals surface area (Å²) in [5.74, 6) is 0. The smallest absolute Gasteiger partial charge is 0.319 e. The lowest BCUT2D eigenvalue weighted by Gasteiger charge is -2.29. The van der Waals surface area contributed by atoms with Crippen LogP contribution < -0.4 is 10.6 Å². The number of carbonyl (C=O) groups is 1. The Bertz CT molecular complexity index is 929. The minimum Gasteiger partial charge on any atom is -0.335 e. The van der Waals surface area contributed by atoms with E-state index in [0.717, 1.165) is 49.0 Å². The SMILES string of the molecule is CCc1ccc(NC(=O)NC2CCC(n3cc(-c4cnccn4)cn3)CC2)cc1. The highest BCUT2D eigenvalue weighted by Gasteiger charge is 2.24. The van der Waals surface area contributed by atoms with Gasteiger partial charge in [-0.2, -0.15) is 5.10 Å².